The lowest BCUT2D eigenvalue weighted by Gasteiger charge is -2.26. The average Bonchev–Trinajstić information content (AvgIpc) is 2.67. The van der Waals surface area contributed by atoms with Crippen molar-refractivity contribution < 1.29 is 14.6 Å². The number of carbonyl (C=O) groups excluding carboxylic acids is 1. The molecular formula is C14H18BrNO3. The first-order valence-electron chi connectivity index (χ1n) is 6.31. The number of aryl methyl sites for hydroxylation is 1. The molecule has 0 radical (unpaired) electrons. The summed E-state index contributed by atoms with van der Waals surface area (Å²) >= 11 is 3.37. The van der Waals surface area contributed by atoms with Gasteiger partial charge in [0.2, 0.25) is 0 Å². The van der Waals surface area contributed by atoms with Crippen molar-refractivity contribution in [1.29, 1.82) is 0 Å². The molecule has 1 aromatic carbocycles. The van der Waals surface area contributed by atoms with E-state index in [0.29, 0.717) is 18.6 Å². The molecule has 0 aliphatic carbocycles. The number of rotatable bonds is 3. The predicted molar refractivity (Wildman–Crippen MR) is 76.2 cm³/mol. The third kappa shape index (κ3) is 3.16. The Kier molecular flexibility index (Phi) is 4.28. The zero-order valence-corrected chi connectivity index (χ0v) is 12.7. The van der Waals surface area contributed by atoms with Crippen molar-refractivity contribution in [3.05, 3.63) is 33.8 Å². The maximum Gasteiger partial charge on any atom is 0.251 e. The van der Waals surface area contributed by atoms with Crippen molar-refractivity contribution in [2.24, 2.45) is 0 Å². The van der Waals surface area contributed by atoms with Gasteiger partial charge in [-0.2, -0.15) is 0 Å². The van der Waals surface area contributed by atoms with Crippen LogP contribution in [0.5, 0.6) is 0 Å². The standard InChI is InChI=1S/C14H18BrNO3/c1-9-7-11(15)3-4-12(9)13(17)16-8-14(18)5-6-19-10(14)2/h3-4,7,10,18H,5-6,8H2,1-2H3,(H,16,17). The zero-order valence-electron chi connectivity index (χ0n) is 11.1. The van der Waals surface area contributed by atoms with E-state index in [1.54, 1.807) is 6.07 Å². The normalized spacial score (nSPS) is 26.4. The summed E-state index contributed by atoms with van der Waals surface area (Å²) in [7, 11) is 0. The molecule has 1 amide bonds. The van der Waals surface area contributed by atoms with E-state index in [1.165, 1.54) is 0 Å². The molecule has 2 rings (SSSR count). The van der Waals surface area contributed by atoms with Crippen LogP contribution in [0.3, 0.4) is 0 Å². The Morgan fingerprint density at radius 1 is 1.63 bits per heavy atom. The lowest BCUT2D eigenvalue weighted by molar-refractivity contribution is -0.0251. The second-order valence-corrected chi connectivity index (χ2v) is 5.92. The lowest BCUT2D eigenvalue weighted by atomic mass is 9.96. The van der Waals surface area contributed by atoms with E-state index in [0.717, 1.165) is 10.0 Å². The summed E-state index contributed by atoms with van der Waals surface area (Å²) < 4.78 is 6.28. The summed E-state index contributed by atoms with van der Waals surface area (Å²) in [5, 5.41) is 13.1. The third-order valence-electron chi connectivity index (χ3n) is 3.65. The number of aliphatic hydroxyl groups is 1. The van der Waals surface area contributed by atoms with E-state index < -0.39 is 5.60 Å². The predicted octanol–water partition coefficient (Wildman–Crippen LogP) is 2.03. The van der Waals surface area contributed by atoms with Gasteiger partial charge in [0.05, 0.1) is 6.10 Å². The van der Waals surface area contributed by atoms with E-state index in [-0.39, 0.29) is 18.6 Å². The van der Waals surface area contributed by atoms with Crippen LogP contribution in [0.1, 0.15) is 29.3 Å². The monoisotopic (exact) mass is 327 g/mol. The maximum absolute atomic E-state index is 12.1. The SMILES string of the molecule is Cc1cc(Br)ccc1C(=O)NCC1(O)CCOC1C. The number of nitrogens with one attached hydrogen (secondary N) is 1. The second kappa shape index (κ2) is 5.61. The Morgan fingerprint density at radius 3 is 2.95 bits per heavy atom. The summed E-state index contributed by atoms with van der Waals surface area (Å²) in [5.41, 5.74) is 0.562. The van der Waals surface area contributed by atoms with Gasteiger partial charge in [0, 0.05) is 29.6 Å². The van der Waals surface area contributed by atoms with Crippen molar-refractivity contribution in [3.8, 4) is 0 Å². The largest absolute Gasteiger partial charge is 0.385 e. The molecule has 1 aromatic rings. The molecule has 0 spiro atoms. The summed E-state index contributed by atoms with van der Waals surface area (Å²) in [4.78, 5) is 12.1. The highest BCUT2D eigenvalue weighted by Crippen LogP contribution is 2.25. The number of amides is 1. The summed E-state index contributed by atoms with van der Waals surface area (Å²) in [6.07, 6.45) is 0.298. The van der Waals surface area contributed by atoms with Gasteiger partial charge in [0.25, 0.3) is 5.91 Å². The van der Waals surface area contributed by atoms with Crippen molar-refractivity contribution >= 4 is 21.8 Å². The molecule has 104 valence electrons. The first-order chi connectivity index (χ1) is 8.92. The van der Waals surface area contributed by atoms with Crippen LogP contribution in [-0.4, -0.2) is 35.9 Å². The minimum atomic E-state index is -0.959. The highest BCUT2D eigenvalue weighted by Gasteiger charge is 2.39. The second-order valence-electron chi connectivity index (χ2n) is 5.01. The Hall–Kier alpha value is -0.910. The number of halogens is 1. The third-order valence-corrected chi connectivity index (χ3v) is 4.14. The fraction of sp³-hybridized carbons (Fsp3) is 0.500. The topological polar surface area (TPSA) is 58.6 Å². The van der Waals surface area contributed by atoms with Crippen molar-refractivity contribution in [3.63, 3.8) is 0 Å². The van der Waals surface area contributed by atoms with E-state index >= 15 is 0 Å². The van der Waals surface area contributed by atoms with Crippen LogP contribution in [0.15, 0.2) is 22.7 Å². The van der Waals surface area contributed by atoms with Crippen molar-refractivity contribution in [1.82, 2.24) is 5.32 Å². The molecular weight excluding hydrogens is 310 g/mol. The van der Waals surface area contributed by atoms with E-state index in [1.807, 2.05) is 26.0 Å². The molecule has 2 unspecified atom stereocenters. The summed E-state index contributed by atoms with van der Waals surface area (Å²) in [6, 6.07) is 5.50. The number of benzene rings is 1. The van der Waals surface area contributed by atoms with Crippen LogP contribution in [0.25, 0.3) is 0 Å². The molecule has 1 aliphatic rings. The fourth-order valence-corrected chi connectivity index (χ4v) is 2.69. The van der Waals surface area contributed by atoms with Crippen LogP contribution >= 0.6 is 15.9 Å². The van der Waals surface area contributed by atoms with Gasteiger partial charge in [-0.25, -0.2) is 0 Å². The molecule has 1 aliphatic heterocycles. The fourth-order valence-electron chi connectivity index (χ4n) is 2.21. The summed E-state index contributed by atoms with van der Waals surface area (Å²) in [5.74, 6) is -0.169. The highest BCUT2D eigenvalue weighted by molar-refractivity contribution is 9.10. The maximum atomic E-state index is 12.1. The van der Waals surface area contributed by atoms with Gasteiger partial charge < -0.3 is 15.2 Å². The number of carbonyl (C=O) groups is 1. The molecule has 2 atom stereocenters. The quantitative estimate of drug-likeness (QED) is 0.893. The Bertz CT molecular complexity index is 492. The van der Waals surface area contributed by atoms with Crippen LogP contribution in [0.4, 0.5) is 0 Å². The lowest BCUT2D eigenvalue weighted by Crippen LogP contribution is -2.47. The molecule has 2 N–H and O–H groups in total. The smallest absolute Gasteiger partial charge is 0.251 e. The number of hydrogen-bond donors (Lipinski definition) is 2. The van der Waals surface area contributed by atoms with Crippen LogP contribution in [-0.2, 0) is 4.74 Å². The molecule has 0 bridgehead atoms. The van der Waals surface area contributed by atoms with Crippen LogP contribution < -0.4 is 5.32 Å². The van der Waals surface area contributed by atoms with E-state index in [4.69, 9.17) is 4.74 Å². The van der Waals surface area contributed by atoms with E-state index in [9.17, 15) is 9.90 Å². The van der Waals surface area contributed by atoms with Crippen molar-refractivity contribution in [2.75, 3.05) is 13.2 Å². The zero-order chi connectivity index (χ0) is 14.0. The van der Waals surface area contributed by atoms with Gasteiger partial charge in [-0.3, -0.25) is 4.79 Å². The molecule has 0 saturated carbocycles. The Labute approximate surface area is 121 Å². The van der Waals surface area contributed by atoms with Gasteiger partial charge in [0.1, 0.15) is 5.60 Å². The van der Waals surface area contributed by atoms with E-state index in [2.05, 4.69) is 21.2 Å². The molecule has 5 heteroatoms. The number of hydrogen-bond acceptors (Lipinski definition) is 3. The van der Waals surface area contributed by atoms with Gasteiger partial charge in [-0.1, -0.05) is 15.9 Å². The molecule has 19 heavy (non-hydrogen) atoms. The highest BCUT2D eigenvalue weighted by atomic mass is 79.9. The Morgan fingerprint density at radius 2 is 2.37 bits per heavy atom. The first-order valence-corrected chi connectivity index (χ1v) is 7.10. The van der Waals surface area contributed by atoms with Gasteiger partial charge in [-0.05, 0) is 37.6 Å². The molecule has 4 nitrogen and oxygen atoms in total. The molecule has 1 fully saturated rings. The summed E-state index contributed by atoms with van der Waals surface area (Å²) in [6.45, 7) is 4.45. The van der Waals surface area contributed by atoms with Crippen molar-refractivity contribution in [2.45, 2.75) is 32.0 Å². The number of ether oxygens (including phenoxy) is 1. The molecule has 1 heterocycles. The molecule has 0 aromatic heterocycles. The van der Waals surface area contributed by atoms with Gasteiger partial charge in [0.15, 0.2) is 0 Å². The van der Waals surface area contributed by atoms with Crippen LogP contribution in [0, 0.1) is 6.92 Å². The molecule has 1 saturated heterocycles. The van der Waals surface area contributed by atoms with Gasteiger partial charge in [-0.15, -0.1) is 0 Å². The minimum absolute atomic E-state index is 0.169. The average molecular weight is 328 g/mol. The Balaban J connectivity index is 2.02. The minimum Gasteiger partial charge on any atom is -0.385 e. The van der Waals surface area contributed by atoms with Crippen LogP contribution in [0.2, 0.25) is 0 Å². The first kappa shape index (κ1) is 14.5. The van der Waals surface area contributed by atoms with Gasteiger partial charge >= 0.3 is 0 Å².